The molecule has 2 aromatic heterocycles. The molecule has 0 radical (unpaired) electrons. The van der Waals surface area contributed by atoms with E-state index >= 15 is 8.78 Å². The summed E-state index contributed by atoms with van der Waals surface area (Å²) in [7, 11) is 0. The molecule has 7 aliphatic rings. The highest BCUT2D eigenvalue weighted by Gasteiger charge is 2.46. The van der Waals surface area contributed by atoms with Crippen molar-refractivity contribution in [3.05, 3.63) is 77.0 Å². The molecule has 5 saturated heterocycles. The first-order valence-electron chi connectivity index (χ1n) is 25.7. The van der Waals surface area contributed by atoms with Crippen molar-refractivity contribution in [1.82, 2.24) is 35.0 Å². The Kier molecular flexibility index (Phi) is 11.8. The van der Waals surface area contributed by atoms with Crippen LogP contribution in [-0.4, -0.2) is 143 Å². The Morgan fingerprint density at radius 3 is 2.45 bits per heavy atom. The van der Waals surface area contributed by atoms with Gasteiger partial charge in [0, 0.05) is 100 Å². The fourth-order valence-corrected chi connectivity index (χ4v) is 12.4. The number of rotatable bonds is 12. The van der Waals surface area contributed by atoms with E-state index in [0.29, 0.717) is 77.1 Å². The second-order valence-corrected chi connectivity index (χ2v) is 21.3. The third kappa shape index (κ3) is 8.70. The lowest BCUT2D eigenvalue weighted by atomic mass is 9.86. The van der Waals surface area contributed by atoms with Crippen LogP contribution in [0.3, 0.4) is 0 Å². The van der Waals surface area contributed by atoms with Gasteiger partial charge >= 0.3 is 6.01 Å². The van der Waals surface area contributed by atoms with Gasteiger partial charge < -0.3 is 34.2 Å². The molecule has 3 aromatic carbocycles. The molecule has 2 unspecified atom stereocenters. The van der Waals surface area contributed by atoms with Gasteiger partial charge in [0.15, 0.2) is 5.82 Å². The summed E-state index contributed by atoms with van der Waals surface area (Å²) < 4.78 is 45.1. The maximum absolute atomic E-state index is 17.2. The number of pyridine rings is 1. The zero-order valence-electron chi connectivity index (χ0n) is 40.4. The quantitative estimate of drug-likeness (QED) is 0.129. The lowest BCUT2D eigenvalue weighted by Gasteiger charge is -2.48. The molecule has 0 bridgehead atoms. The van der Waals surface area contributed by atoms with Gasteiger partial charge in [-0.05, 0) is 129 Å². The van der Waals surface area contributed by atoms with Gasteiger partial charge in [0.1, 0.15) is 34.6 Å². The van der Waals surface area contributed by atoms with E-state index in [0.717, 1.165) is 122 Å². The number of benzene rings is 3. The largest absolute Gasteiger partial charge is 0.508 e. The average Bonchev–Trinajstić information content (AvgIpc) is 4.06. The third-order valence-corrected chi connectivity index (χ3v) is 16.7. The molecule has 372 valence electrons. The van der Waals surface area contributed by atoms with Crippen LogP contribution in [0.2, 0.25) is 0 Å². The standard InChI is InChI=1S/C54H61F2N9O6/c1-2-38-42(55)7-4-34-25-37(66)26-40(45(34)38)47-46(56)48-41(27-57-47)49(64-16-3-12-54(31-64)15-23-71-54)60-52(59-48)70-32-53(13-14-53)30-62-17-10-33(11-18-62)28-61-19-21-63(22-20-61)36-5-6-39-35(24-36)29-65(51(39)69)43-8-9-44(67)58-50(43)68/h4-7,24-27,33,43,66H,2-3,8-23,28-32H2,1H3,(H,58,67,68). The van der Waals surface area contributed by atoms with Crippen molar-refractivity contribution in [3.63, 3.8) is 0 Å². The molecule has 5 aromatic rings. The van der Waals surface area contributed by atoms with Gasteiger partial charge in [-0.2, -0.15) is 9.97 Å². The number of piperidine rings is 3. The minimum atomic E-state index is -0.675. The minimum absolute atomic E-state index is 0.0199. The molecule has 17 heteroatoms. The number of phenols is 1. The lowest BCUT2D eigenvalue weighted by molar-refractivity contribution is -0.151. The zero-order chi connectivity index (χ0) is 48.6. The number of hydrogen-bond donors (Lipinski definition) is 2. The summed E-state index contributed by atoms with van der Waals surface area (Å²) in [6, 6.07) is 11.5. The molecule has 1 saturated carbocycles. The molecular weight excluding hydrogens is 909 g/mol. The number of aromatic nitrogens is 3. The molecule has 1 spiro atoms. The highest BCUT2D eigenvalue weighted by atomic mass is 19.1. The molecular formula is C54H61F2N9O6. The van der Waals surface area contributed by atoms with Crippen LogP contribution >= 0.6 is 0 Å². The van der Waals surface area contributed by atoms with Gasteiger partial charge in [-0.15, -0.1) is 0 Å². The maximum Gasteiger partial charge on any atom is 0.319 e. The molecule has 71 heavy (non-hydrogen) atoms. The number of aryl methyl sites for hydroxylation is 1. The topological polar surface area (TPSA) is 157 Å². The number of carbonyl (C=O) groups excluding carboxylic acids is 3. The van der Waals surface area contributed by atoms with Gasteiger partial charge in [0.05, 0.1) is 24.2 Å². The number of halogens is 2. The number of fused-ring (bicyclic) bond motifs is 3. The number of nitrogens with one attached hydrogen (secondary N) is 1. The van der Waals surface area contributed by atoms with Gasteiger partial charge in [-0.3, -0.25) is 29.6 Å². The number of imide groups is 1. The first kappa shape index (κ1) is 46.1. The number of likely N-dealkylation sites (tertiary alicyclic amines) is 1. The van der Waals surface area contributed by atoms with E-state index in [1.54, 1.807) is 23.2 Å². The number of nitrogens with zero attached hydrogens (tertiary/aromatic N) is 8. The van der Waals surface area contributed by atoms with Crippen LogP contribution in [0, 0.1) is 23.0 Å². The Bertz CT molecular complexity index is 2950. The van der Waals surface area contributed by atoms with Crippen LogP contribution in [0.1, 0.15) is 86.2 Å². The Hall–Kier alpha value is -6.04. The van der Waals surface area contributed by atoms with E-state index in [4.69, 9.17) is 19.4 Å². The van der Waals surface area contributed by atoms with Crippen molar-refractivity contribution in [1.29, 1.82) is 0 Å². The SMILES string of the molecule is CCc1c(F)ccc2cc(O)cc(-c3ncc4c(N5CCCC6(CCO6)C5)nc(OCC5(CN6CCC(CN7CCN(c8ccc9c(c8)CN(C8CCC(=O)NC8=O)C9=O)CC7)CC6)CC5)nc4c3F)c12. The summed E-state index contributed by atoms with van der Waals surface area (Å²) in [5.41, 5.74) is 3.17. The first-order chi connectivity index (χ1) is 34.4. The predicted molar refractivity (Wildman–Crippen MR) is 263 cm³/mol. The lowest BCUT2D eigenvalue weighted by Crippen LogP contribution is -2.56. The number of carbonyl (C=O) groups is 3. The highest BCUT2D eigenvalue weighted by molar-refractivity contribution is 6.06. The molecule has 6 fully saturated rings. The second-order valence-electron chi connectivity index (χ2n) is 21.3. The Labute approximate surface area is 411 Å². The summed E-state index contributed by atoms with van der Waals surface area (Å²) in [6.07, 6.45) is 9.74. The smallest absolute Gasteiger partial charge is 0.319 e. The summed E-state index contributed by atoms with van der Waals surface area (Å²) in [6.45, 7) is 12.5. The average molecular weight is 970 g/mol. The van der Waals surface area contributed by atoms with Gasteiger partial charge in [0.25, 0.3) is 5.91 Å². The van der Waals surface area contributed by atoms with Crippen molar-refractivity contribution in [3.8, 4) is 23.0 Å². The Morgan fingerprint density at radius 1 is 0.887 bits per heavy atom. The van der Waals surface area contributed by atoms with Crippen molar-refractivity contribution in [2.75, 3.05) is 88.5 Å². The third-order valence-electron chi connectivity index (χ3n) is 16.7. The van der Waals surface area contributed by atoms with E-state index in [2.05, 4.69) is 36.0 Å². The van der Waals surface area contributed by atoms with Gasteiger partial charge in [-0.25, -0.2) is 8.78 Å². The van der Waals surface area contributed by atoms with E-state index < -0.39 is 23.6 Å². The summed E-state index contributed by atoms with van der Waals surface area (Å²) >= 11 is 0. The number of hydrogen-bond acceptors (Lipinski definition) is 13. The molecule has 1 aliphatic carbocycles. The molecule has 12 rings (SSSR count). The molecule has 8 heterocycles. The Morgan fingerprint density at radius 2 is 1.70 bits per heavy atom. The van der Waals surface area contributed by atoms with Crippen molar-refractivity contribution < 1.29 is 37.7 Å². The first-order valence-corrected chi connectivity index (χ1v) is 25.7. The van der Waals surface area contributed by atoms with E-state index in [-0.39, 0.29) is 52.2 Å². The molecule has 2 N–H and O–H groups in total. The number of piperazine rings is 1. The van der Waals surface area contributed by atoms with Gasteiger partial charge in [-0.1, -0.05) is 13.0 Å². The number of phenolic OH excluding ortho intramolecular Hbond substituents is 1. The van der Waals surface area contributed by atoms with E-state index in [9.17, 15) is 19.5 Å². The number of ether oxygens (including phenoxy) is 2. The van der Waals surface area contributed by atoms with E-state index in [1.165, 1.54) is 12.1 Å². The predicted octanol–water partition coefficient (Wildman–Crippen LogP) is 6.60. The minimum Gasteiger partial charge on any atom is -0.508 e. The molecule has 6 aliphatic heterocycles. The summed E-state index contributed by atoms with van der Waals surface area (Å²) in [5, 5.41) is 14.7. The van der Waals surface area contributed by atoms with Gasteiger partial charge in [0.2, 0.25) is 11.8 Å². The van der Waals surface area contributed by atoms with Crippen LogP contribution in [-0.2, 0) is 27.3 Å². The van der Waals surface area contributed by atoms with Crippen molar-refractivity contribution >= 4 is 50.9 Å². The number of anilines is 2. The fourth-order valence-electron chi connectivity index (χ4n) is 12.4. The highest BCUT2D eigenvalue weighted by Crippen LogP contribution is 2.48. The number of aromatic hydroxyl groups is 1. The van der Waals surface area contributed by atoms with Crippen molar-refractivity contribution in [2.24, 2.45) is 11.3 Å². The summed E-state index contributed by atoms with van der Waals surface area (Å²) in [5.74, 6) is -0.777. The zero-order valence-corrected chi connectivity index (χ0v) is 40.4. The normalized spacial score (nSPS) is 24.0. The fraction of sp³-hybridized carbons (Fsp3) is 0.519. The second kappa shape index (κ2) is 18.2. The molecule has 2 atom stereocenters. The number of amides is 3. The maximum atomic E-state index is 17.2. The van der Waals surface area contributed by atoms with Crippen LogP contribution in [0.5, 0.6) is 11.8 Å². The molecule has 3 amide bonds. The van der Waals surface area contributed by atoms with E-state index in [1.807, 2.05) is 19.1 Å². The van der Waals surface area contributed by atoms with Crippen LogP contribution in [0.15, 0.2) is 48.7 Å². The van der Waals surface area contributed by atoms with Crippen LogP contribution < -0.4 is 19.9 Å². The van der Waals surface area contributed by atoms with Crippen LogP contribution in [0.4, 0.5) is 20.3 Å². The van der Waals surface area contributed by atoms with Crippen LogP contribution in [0.25, 0.3) is 32.9 Å². The van der Waals surface area contributed by atoms with Crippen molar-refractivity contribution in [2.45, 2.75) is 89.3 Å². The Balaban J connectivity index is 0.687. The summed E-state index contributed by atoms with van der Waals surface area (Å²) in [4.78, 5) is 63.2. The monoisotopic (exact) mass is 969 g/mol. The molecule has 15 nitrogen and oxygen atoms in total.